The Morgan fingerprint density at radius 2 is 2.07 bits per heavy atom. The minimum Gasteiger partial charge on any atom is -0.480 e. The van der Waals surface area contributed by atoms with Crippen LogP contribution >= 0.6 is 23.1 Å². The number of benzene rings is 1. The van der Waals surface area contributed by atoms with Gasteiger partial charge in [0, 0.05) is 23.2 Å². The number of hydrogen-bond donors (Lipinski definition) is 2. The fourth-order valence-electron chi connectivity index (χ4n) is 3.59. The van der Waals surface area contributed by atoms with E-state index in [1.165, 1.54) is 15.3 Å². The molecular weight excluding hydrogens is 404 g/mol. The first-order chi connectivity index (χ1) is 14.1. The van der Waals surface area contributed by atoms with Crippen molar-refractivity contribution in [1.29, 1.82) is 0 Å². The van der Waals surface area contributed by atoms with Crippen molar-refractivity contribution in [3.05, 3.63) is 58.3 Å². The number of hydrogen-bond acceptors (Lipinski definition) is 5. The standard InChI is InChI=1S/C22H28N2O3S2/c1-2-17(11-10-16-7-4-3-5-8-16)23-18-15-29-20(19-9-6-12-28-19)13-24(22(18)27)14-21(25)26/h3-9,12,17-18,20,23H,2,10-11,13-15H2,1H3,(H,25,26). The molecule has 29 heavy (non-hydrogen) atoms. The maximum atomic E-state index is 13.1. The van der Waals surface area contributed by atoms with Crippen molar-refractivity contribution in [2.45, 2.75) is 43.5 Å². The molecule has 3 unspecified atom stereocenters. The largest absolute Gasteiger partial charge is 0.480 e. The summed E-state index contributed by atoms with van der Waals surface area (Å²) in [6.45, 7) is 2.32. The van der Waals surface area contributed by atoms with Gasteiger partial charge in [0.05, 0.1) is 11.3 Å². The van der Waals surface area contributed by atoms with Crippen molar-refractivity contribution >= 4 is 35.0 Å². The molecule has 0 saturated carbocycles. The molecule has 2 aromatic rings. The Morgan fingerprint density at radius 1 is 1.28 bits per heavy atom. The number of carboxylic acid groups (broad SMARTS) is 1. The van der Waals surface area contributed by atoms with E-state index in [9.17, 15) is 14.7 Å². The number of amides is 1. The summed E-state index contributed by atoms with van der Waals surface area (Å²) in [5.41, 5.74) is 1.29. The van der Waals surface area contributed by atoms with Crippen LogP contribution in [0, 0.1) is 0 Å². The number of thiophene rings is 1. The lowest BCUT2D eigenvalue weighted by molar-refractivity contribution is -0.145. The molecule has 2 N–H and O–H groups in total. The van der Waals surface area contributed by atoms with E-state index in [-0.39, 0.29) is 29.8 Å². The number of carbonyl (C=O) groups excluding carboxylic acids is 1. The van der Waals surface area contributed by atoms with Crippen LogP contribution in [-0.2, 0) is 16.0 Å². The monoisotopic (exact) mass is 432 g/mol. The van der Waals surface area contributed by atoms with E-state index < -0.39 is 5.97 Å². The van der Waals surface area contributed by atoms with Gasteiger partial charge in [-0.05, 0) is 36.3 Å². The van der Waals surface area contributed by atoms with E-state index in [0.717, 1.165) is 19.3 Å². The van der Waals surface area contributed by atoms with Crippen molar-refractivity contribution in [3.8, 4) is 0 Å². The van der Waals surface area contributed by atoms with E-state index in [1.54, 1.807) is 23.1 Å². The number of carboxylic acids is 1. The number of aryl methyl sites for hydroxylation is 1. The molecule has 1 aromatic carbocycles. The molecule has 156 valence electrons. The third-order valence-corrected chi connectivity index (χ3v) is 7.67. The molecule has 1 saturated heterocycles. The van der Waals surface area contributed by atoms with Crippen molar-refractivity contribution < 1.29 is 14.7 Å². The van der Waals surface area contributed by atoms with E-state index in [4.69, 9.17) is 0 Å². The normalized spacial score (nSPS) is 21.0. The fourth-order valence-corrected chi connectivity index (χ4v) is 5.85. The van der Waals surface area contributed by atoms with Crippen molar-refractivity contribution in [2.24, 2.45) is 0 Å². The van der Waals surface area contributed by atoms with Crippen LogP contribution in [0.3, 0.4) is 0 Å². The van der Waals surface area contributed by atoms with Crippen LogP contribution in [0.5, 0.6) is 0 Å². The van der Waals surface area contributed by atoms with Crippen LogP contribution in [0.1, 0.15) is 35.5 Å². The maximum absolute atomic E-state index is 13.1. The molecule has 1 amide bonds. The van der Waals surface area contributed by atoms with Gasteiger partial charge in [0.25, 0.3) is 0 Å². The zero-order chi connectivity index (χ0) is 20.6. The SMILES string of the molecule is CCC(CCc1ccccc1)NC1CSC(c2cccs2)CN(CC(=O)O)C1=O. The molecule has 3 atom stereocenters. The summed E-state index contributed by atoms with van der Waals surface area (Å²) in [6.07, 6.45) is 2.83. The summed E-state index contributed by atoms with van der Waals surface area (Å²) >= 11 is 3.40. The Kier molecular flexibility index (Phi) is 8.15. The molecule has 0 aliphatic carbocycles. The van der Waals surface area contributed by atoms with Gasteiger partial charge < -0.3 is 15.3 Å². The molecule has 2 heterocycles. The molecular formula is C22H28N2O3S2. The highest BCUT2D eigenvalue weighted by molar-refractivity contribution is 7.99. The molecule has 0 spiro atoms. The lowest BCUT2D eigenvalue weighted by Crippen LogP contribution is -2.51. The third-order valence-electron chi connectivity index (χ3n) is 5.20. The first-order valence-electron chi connectivity index (χ1n) is 10.0. The highest BCUT2D eigenvalue weighted by Crippen LogP contribution is 2.35. The van der Waals surface area contributed by atoms with E-state index in [1.807, 2.05) is 29.6 Å². The van der Waals surface area contributed by atoms with Crippen LogP contribution in [0.15, 0.2) is 47.8 Å². The fraction of sp³-hybridized carbons (Fsp3) is 0.455. The summed E-state index contributed by atoms with van der Waals surface area (Å²) in [7, 11) is 0. The Bertz CT molecular complexity index is 783. The van der Waals surface area contributed by atoms with Crippen LogP contribution < -0.4 is 5.32 Å². The van der Waals surface area contributed by atoms with E-state index >= 15 is 0 Å². The molecule has 1 aromatic heterocycles. The van der Waals surface area contributed by atoms with Gasteiger partial charge in [-0.1, -0.05) is 43.3 Å². The number of nitrogens with one attached hydrogen (secondary N) is 1. The Hall–Kier alpha value is -1.83. The topological polar surface area (TPSA) is 69.6 Å². The van der Waals surface area contributed by atoms with Gasteiger partial charge in [0.15, 0.2) is 0 Å². The zero-order valence-electron chi connectivity index (χ0n) is 16.6. The summed E-state index contributed by atoms with van der Waals surface area (Å²) < 4.78 is 0. The Labute approximate surface area is 180 Å². The van der Waals surface area contributed by atoms with Gasteiger partial charge in [0.1, 0.15) is 6.54 Å². The Balaban J connectivity index is 1.67. The molecule has 1 aliphatic heterocycles. The number of thioether (sulfide) groups is 1. The number of nitrogens with zero attached hydrogens (tertiary/aromatic N) is 1. The van der Waals surface area contributed by atoms with Gasteiger partial charge in [-0.3, -0.25) is 9.59 Å². The predicted molar refractivity (Wildman–Crippen MR) is 119 cm³/mol. The molecule has 1 aliphatic rings. The second kappa shape index (κ2) is 10.8. The summed E-state index contributed by atoms with van der Waals surface area (Å²) in [5, 5.41) is 15.0. The predicted octanol–water partition coefficient (Wildman–Crippen LogP) is 3.82. The van der Waals surface area contributed by atoms with Crippen molar-refractivity contribution in [3.63, 3.8) is 0 Å². The first kappa shape index (κ1) is 21.9. The average molecular weight is 433 g/mol. The Morgan fingerprint density at radius 3 is 2.72 bits per heavy atom. The second-order valence-corrected chi connectivity index (χ2v) is 9.51. The van der Waals surface area contributed by atoms with Gasteiger partial charge in [-0.2, -0.15) is 0 Å². The number of rotatable bonds is 9. The van der Waals surface area contributed by atoms with Gasteiger partial charge in [0.2, 0.25) is 5.91 Å². The lowest BCUT2D eigenvalue weighted by atomic mass is 10.0. The summed E-state index contributed by atoms with van der Waals surface area (Å²) in [5.74, 6) is -0.415. The first-order valence-corrected chi connectivity index (χ1v) is 11.9. The molecule has 1 fully saturated rings. The molecule has 0 bridgehead atoms. The lowest BCUT2D eigenvalue weighted by Gasteiger charge is -2.27. The molecule has 0 radical (unpaired) electrons. The zero-order valence-corrected chi connectivity index (χ0v) is 18.3. The summed E-state index contributed by atoms with van der Waals surface area (Å²) in [4.78, 5) is 27.2. The van der Waals surface area contributed by atoms with E-state index in [2.05, 4.69) is 30.4 Å². The van der Waals surface area contributed by atoms with Crippen LogP contribution in [0.4, 0.5) is 0 Å². The highest BCUT2D eigenvalue weighted by atomic mass is 32.2. The maximum Gasteiger partial charge on any atom is 0.323 e. The smallest absolute Gasteiger partial charge is 0.323 e. The van der Waals surface area contributed by atoms with Crippen molar-refractivity contribution in [2.75, 3.05) is 18.8 Å². The molecule has 3 rings (SSSR count). The summed E-state index contributed by atoms with van der Waals surface area (Å²) in [6, 6.07) is 14.3. The van der Waals surface area contributed by atoms with Crippen LogP contribution in [0.25, 0.3) is 0 Å². The van der Waals surface area contributed by atoms with E-state index in [0.29, 0.717) is 12.3 Å². The minimum atomic E-state index is -0.968. The second-order valence-electron chi connectivity index (χ2n) is 7.30. The van der Waals surface area contributed by atoms with Gasteiger partial charge in [-0.15, -0.1) is 23.1 Å². The van der Waals surface area contributed by atoms with Gasteiger partial charge in [-0.25, -0.2) is 0 Å². The quantitative estimate of drug-likeness (QED) is 0.630. The number of aliphatic carboxylic acids is 1. The van der Waals surface area contributed by atoms with Crippen LogP contribution in [0.2, 0.25) is 0 Å². The molecule has 7 heteroatoms. The van der Waals surface area contributed by atoms with Gasteiger partial charge >= 0.3 is 5.97 Å². The number of carbonyl (C=O) groups is 2. The van der Waals surface area contributed by atoms with Crippen LogP contribution in [-0.4, -0.2) is 52.8 Å². The minimum absolute atomic E-state index is 0.0999. The average Bonchev–Trinajstić information content (AvgIpc) is 3.21. The highest BCUT2D eigenvalue weighted by Gasteiger charge is 2.34. The molecule has 5 nitrogen and oxygen atoms in total. The van der Waals surface area contributed by atoms with Crippen molar-refractivity contribution in [1.82, 2.24) is 10.2 Å². The third kappa shape index (κ3) is 6.32.